The molecule has 2 heterocycles. The van der Waals surface area contributed by atoms with Gasteiger partial charge in [-0.25, -0.2) is 4.98 Å². The van der Waals surface area contributed by atoms with Gasteiger partial charge in [0.1, 0.15) is 21.6 Å². The van der Waals surface area contributed by atoms with Crippen LogP contribution in [-0.2, 0) is 14.9 Å². The van der Waals surface area contributed by atoms with Crippen LogP contribution in [-0.4, -0.2) is 37.7 Å². The molecule has 0 atom stereocenters. The lowest BCUT2D eigenvalue weighted by molar-refractivity contribution is -0.114. The molecule has 0 saturated carbocycles. The number of hydrogen-bond donors (Lipinski definition) is 3. The summed E-state index contributed by atoms with van der Waals surface area (Å²) in [5.74, 6) is -0.640. The third-order valence-electron chi connectivity index (χ3n) is 3.05. The van der Waals surface area contributed by atoms with Gasteiger partial charge in [0.15, 0.2) is 17.4 Å². The summed E-state index contributed by atoms with van der Waals surface area (Å²) in [6.07, 6.45) is 0. The highest BCUT2D eigenvalue weighted by Crippen LogP contribution is 2.31. The predicted octanol–water partition coefficient (Wildman–Crippen LogP) is 2.41. The standard InChI is InChI=1S/C13H10N6O5S2/c1-6(20)14-13-8(21)3-5-10(15-13)17-16-7-2-4-9(26(22,23)24)12-11(7)18-25-19-12/h2-5,21H,1H3,(H,14,15,20)(H,22,23,24). The molecule has 2 aromatic heterocycles. The Morgan fingerprint density at radius 2 is 1.88 bits per heavy atom. The summed E-state index contributed by atoms with van der Waals surface area (Å²) in [6, 6.07) is 5.10. The predicted molar refractivity (Wildman–Crippen MR) is 91.6 cm³/mol. The van der Waals surface area contributed by atoms with Gasteiger partial charge < -0.3 is 10.4 Å². The number of anilines is 1. The number of fused-ring (bicyclic) bond motifs is 1. The van der Waals surface area contributed by atoms with Crippen LogP contribution in [0, 0.1) is 0 Å². The van der Waals surface area contributed by atoms with Gasteiger partial charge in [-0.3, -0.25) is 9.35 Å². The number of aromatic hydroxyl groups is 1. The summed E-state index contributed by atoms with van der Waals surface area (Å²) in [7, 11) is -4.45. The first kappa shape index (κ1) is 17.8. The van der Waals surface area contributed by atoms with E-state index in [0.29, 0.717) is 0 Å². The number of nitrogens with zero attached hydrogens (tertiary/aromatic N) is 5. The summed E-state index contributed by atoms with van der Waals surface area (Å²) in [4.78, 5) is 14.6. The fraction of sp³-hybridized carbons (Fsp3) is 0.0769. The van der Waals surface area contributed by atoms with Gasteiger partial charge in [0.25, 0.3) is 10.1 Å². The molecule has 1 amide bonds. The van der Waals surface area contributed by atoms with Crippen LogP contribution < -0.4 is 5.32 Å². The Balaban J connectivity index is 2.00. The quantitative estimate of drug-likeness (QED) is 0.448. The van der Waals surface area contributed by atoms with Crippen molar-refractivity contribution >= 4 is 56.1 Å². The van der Waals surface area contributed by atoms with Crippen molar-refractivity contribution in [2.45, 2.75) is 11.8 Å². The SMILES string of the molecule is CC(=O)Nc1nc(N=Nc2ccc(S(=O)(=O)O)c3nsnc23)ccc1O. The number of benzene rings is 1. The van der Waals surface area contributed by atoms with Crippen LogP contribution >= 0.6 is 11.7 Å². The van der Waals surface area contributed by atoms with Gasteiger partial charge in [-0.15, -0.1) is 10.2 Å². The number of carbonyl (C=O) groups is 1. The zero-order valence-electron chi connectivity index (χ0n) is 13.0. The first-order chi connectivity index (χ1) is 12.3. The fourth-order valence-electron chi connectivity index (χ4n) is 1.98. The third-order valence-corrected chi connectivity index (χ3v) is 4.46. The summed E-state index contributed by atoms with van der Waals surface area (Å²) >= 11 is 0.757. The molecule has 3 rings (SSSR count). The van der Waals surface area contributed by atoms with Crippen LogP contribution in [0.3, 0.4) is 0 Å². The average Bonchev–Trinajstić information content (AvgIpc) is 3.03. The van der Waals surface area contributed by atoms with E-state index in [1.807, 2.05) is 0 Å². The van der Waals surface area contributed by atoms with Crippen LogP contribution in [0.2, 0.25) is 0 Å². The molecule has 0 aliphatic rings. The van der Waals surface area contributed by atoms with Crippen molar-refractivity contribution in [1.82, 2.24) is 13.7 Å². The molecule has 0 fully saturated rings. The molecule has 134 valence electrons. The van der Waals surface area contributed by atoms with E-state index < -0.39 is 16.0 Å². The van der Waals surface area contributed by atoms with E-state index in [2.05, 4.69) is 29.3 Å². The highest BCUT2D eigenvalue weighted by Gasteiger charge is 2.19. The van der Waals surface area contributed by atoms with Gasteiger partial charge in [-0.2, -0.15) is 17.2 Å². The zero-order valence-corrected chi connectivity index (χ0v) is 14.6. The summed E-state index contributed by atoms with van der Waals surface area (Å²) < 4.78 is 39.8. The minimum atomic E-state index is -4.45. The number of rotatable bonds is 4. The molecule has 11 nitrogen and oxygen atoms in total. The molecule has 0 unspecified atom stereocenters. The largest absolute Gasteiger partial charge is 0.504 e. The van der Waals surface area contributed by atoms with E-state index in [1.54, 1.807) is 0 Å². The van der Waals surface area contributed by atoms with Gasteiger partial charge in [-0.1, -0.05) is 0 Å². The number of aromatic nitrogens is 3. The van der Waals surface area contributed by atoms with Gasteiger partial charge >= 0.3 is 0 Å². The average molecular weight is 394 g/mol. The minimum absolute atomic E-state index is 0.0217. The Bertz CT molecular complexity index is 1140. The van der Waals surface area contributed by atoms with E-state index in [-0.39, 0.29) is 39.0 Å². The Kier molecular flexibility index (Phi) is 4.58. The number of azo groups is 1. The lowest BCUT2D eigenvalue weighted by Gasteiger charge is -2.04. The van der Waals surface area contributed by atoms with Crippen molar-refractivity contribution in [2.75, 3.05) is 5.32 Å². The summed E-state index contributed by atoms with van der Waals surface area (Å²) in [6.45, 7) is 1.26. The zero-order chi connectivity index (χ0) is 18.9. The highest BCUT2D eigenvalue weighted by molar-refractivity contribution is 7.86. The maximum absolute atomic E-state index is 11.4. The van der Waals surface area contributed by atoms with E-state index in [9.17, 15) is 22.9 Å². The van der Waals surface area contributed by atoms with Crippen LogP contribution in [0.15, 0.2) is 39.4 Å². The molecule has 0 aliphatic heterocycles. The Labute approximate surface area is 150 Å². The van der Waals surface area contributed by atoms with Crippen LogP contribution in [0.4, 0.5) is 17.3 Å². The number of pyridine rings is 1. The molecule has 26 heavy (non-hydrogen) atoms. The van der Waals surface area contributed by atoms with Crippen LogP contribution in [0.5, 0.6) is 5.75 Å². The van der Waals surface area contributed by atoms with Gasteiger partial charge in [0.2, 0.25) is 5.91 Å². The lowest BCUT2D eigenvalue weighted by atomic mass is 10.3. The number of nitrogens with one attached hydrogen (secondary N) is 1. The summed E-state index contributed by atoms with van der Waals surface area (Å²) in [5.41, 5.74) is 0.332. The fourth-order valence-corrected chi connectivity index (χ4v) is 3.23. The van der Waals surface area contributed by atoms with Gasteiger partial charge in [0.05, 0.1) is 11.7 Å². The molecule has 3 aromatic rings. The Hall–Kier alpha value is -3.03. The molecule has 1 aromatic carbocycles. The van der Waals surface area contributed by atoms with E-state index in [4.69, 9.17) is 0 Å². The van der Waals surface area contributed by atoms with Crippen molar-refractivity contribution in [3.63, 3.8) is 0 Å². The van der Waals surface area contributed by atoms with Crippen molar-refractivity contribution in [1.29, 1.82) is 0 Å². The van der Waals surface area contributed by atoms with Crippen molar-refractivity contribution in [3.8, 4) is 5.75 Å². The molecular formula is C13H10N6O5S2. The van der Waals surface area contributed by atoms with Crippen molar-refractivity contribution in [2.24, 2.45) is 10.2 Å². The molecular weight excluding hydrogens is 384 g/mol. The molecule has 0 spiro atoms. The topological polar surface area (TPSA) is 167 Å². The smallest absolute Gasteiger partial charge is 0.296 e. The maximum Gasteiger partial charge on any atom is 0.296 e. The second-order valence-electron chi connectivity index (χ2n) is 4.94. The Morgan fingerprint density at radius 3 is 2.58 bits per heavy atom. The lowest BCUT2D eigenvalue weighted by Crippen LogP contribution is -2.07. The van der Waals surface area contributed by atoms with E-state index in [0.717, 1.165) is 17.8 Å². The first-order valence-corrected chi connectivity index (χ1v) is 9.05. The minimum Gasteiger partial charge on any atom is -0.504 e. The Morgan fingerprint density at radius 1 is 1.15 bits per heavy atom. The molecule has 0 saturated heterocycles. The van der Waals surface area contributed by atoms with Crippen LogP contribution in [0.1, 0.15) is 6.92 Å². The summed E-state index contributed by atoms with van der Waals surface area (Å²) in [5, 5.41) is 19.8. The molecule has 0 bridgehead atoms. The molecule has 0 radical (unpaired) electrons. The second-order valence-corrected chi connectivity index (χ2v) is 6.86. The molecule has 3 N–H and O–H groups in total. The monoisotopic (exact) mass is 394 g/mol. The number of amides is 1. The second kappa shape index (κ2) is 6.70. The first-order valence-electron chi connectivity index (χ1n) is 6.88. The van der Waals surface area contributed by atoms with E-state index in [1.165, 1.54) is 25.1 Å². The number of carbonyl (C=O) groups excluding carboxylic acids is 1. The van der Waals surface area contributed by atoms with Gasteiger partial charge in [-0.05, 0) is 24.3 Å². The van der Waals surface area contributed by atoms with E-state index >= 15 is 0 Å². The van der Waals surface area contributed by atoms with Crippen molar-refractivity contribution in [3.05, 3.63) is 24.3 Å². The highest BCUT2D eigenvalue weighted by atomic mass is 32.2. The molecule has 0 aliphatic carbocycles. The normalized spacial score (nSPS) is 11.9. The van der Waals surface area contributed by atoms with Crippen molar-refractivity contribution < 1.29 is 22.9 Å². The number of hydrogen-bond acceptors (Lipinski definition) is 10. The maximum atomic E-state index is 11.4. The van der Waals surface area contributed by atoms with Gasteiger partial charge in [0, 0.05) is 6.92 Å². The molecule has 13 heteroatoms. The third kappa shape index (κ3) is 3.63. The van der Waals surface area contributed by atoms with Crippen LogP contribution in [0.25, 0.3) is 11.0 Å².